The first-order valence-electron chi connectivity index (χ1n) is 6.42. The van der Waals surface area contributed by atoms with Crippen LogP contribution in [-0.2, 0) is 0 Å². The van der Waals surface area contributed by atoms with Crippen molar-refractivity contribution in [3.8, 4) is 5.88 Å². The van der Waals surface area contributed by atoms with Gasteiger partial charge in [-0.25, -0.2) is 0 Å². The summed E-state index contributed by atoms with van der Waals surface area (Å²) in [5, 5.41) is 11.2. The van der Waals surface area contributed by atoms with Crippen LogP contribution in [0.15, 0.2) is 18.3 Å². The molecule has 5 heteroatoms. The van der Waals surface area contributed by atoms with Crippen LogP contribution in [0.1, 0.15) is 41.5 Å². The summed E-state index contributed by atoms with van der Waals surface area (Å²) >= 11 is 0. The van der Waals surface area contributed by atoms with Crippen molar-refractivity contribution in [1.82, 2.24) is 0 Å². The van der Waals surface area contributed by atoms with Gasteiger partial charge in [-0.2, -0.15) is 0 Å². The van der Waals surface area contributed by atoms with Crippen molar-refractivity contribution in [2.24, 2.45) is 0 Å². The smallest absolute Gasteiger partial charge is 0.381 e. The number of rotatable bonds is 2. The first-order chi connectivity index (χ1) is 8.46. The number of halogens is 1. The van der Waals surface area contributed by atoms with Crippen molar-refractivity contribution in [2.75, 3.05) is 7.11 Å². The van der Waals surface area contributed by atoms with Gasteiger partial charge in [0.15, 0.2) is 6.20 Å². The first kappa shape index (κ1) is 16.0. The van der Waals surface area contributed by atoms with E-state index in [-0.39, 0.29) is 5.88 Å². The van der Waals surface area contributed by atoms with E-state index in [9.17, 15) is 5.21 Å². The molecule has 1 aromatic heterocycles. The zero-order valence-electron chi connectivity index (χ0n) is 12.9. The molecule has 1 aromatic rings. The topological polar surface area (TPSA) is 36.2 Å². The second kappa shape index (κ2) is 4.78. The van der Waals surface area contributed by atoms with E-state index in [1.807, 2.05) is 41.5 Å². The van der Waals surface area contributed by atoms with Gasteiger partial charge in [-0.1, -0.05) is 41.5 Å². The zero-order valence-corrected chi connectivity index (χ0v) is 13.9. The van der Waals surface area contributed by atoms with Crippen LogP contribution in [0.3, 0.4) is 0 Å². The van der Waals surface area contributed by atoms with Gasteiger partial charge in [-0.15, -0.1) is 4.73 Å². The first-order valence-corrected chi connectivity index (χ1v) is 8.30. The summed E-state index contributed by atoms with van der Waals surface area (Å²) in [7, 11) is -2.06. The highest BCUT2D eigenvalue weighted by Crippen LogP contribution is 2.52. The number of nitrogens with zero attached hydrogens (tertiary/aromatic N) is 1. The second-order valence-electron chi connectivity index (χ2n) is 6.92. The minimum Gasteiger partial charge on any atom is -0.616 e. The average Bonchev–Trinajstić information content (AvgIpc) is 2.24. The number of ether oxygens (including phenoxy) is 1. The monoisotopic (exact) mass is 285 g/mol. The molecule has 3 nitrogen and oxygen atoms in total. The van der Waals surface area contributed by atoms with Gasteiger partial charge in [-0.3, -0.25) is 0 Å². The fourth-order valence-corrected chi connectivity index (χ4v) is 7.57. The van der Waals surface area contributed by atoms with Crippen molar-refractivity contribution in [1.29, 1.82) is 0 Å². The summed E-state index contributed by atoms with van der Waals surface area (Å²) in [5.41, 5.74) is 0. The third kappa shape index (κ3) is 2.48. The molecule has 0 aliphatic rings. The van der Waals surface area contributed by atoms with Crippen molar-refractivity contribution < 1.29 is 13.6 Å². The SMILES string of the molecule is COc1c([Si](F)(C(C)(C)C)C(C)(C)C)ccc[n+]1[O-]. The van der Waals surface area contributed by atoms with Gasteiger partial charge in [0.1, 0.15) is 0 Å². The van der Waals surface area contributed by atoms with Gasteiger partial charge >= 0.3 is 5.88 Å². The van der Waals surface area contributed by atoms with Crippen LogP contribution in [0.4, 0.5) is 4.11 Å². The highest BCUT2D eigenvalue weighted by molar-refractivity contribution is 6.91. The minimum absolute atomic E-state index is 0.0847. The van der Waals surface area contributed by atoms with E-state index in [0.717, 1.165) is 0 Å². The molecule has 0 bridgehead atoms. The lowest BCUT2D eigenvalue weighted by atomic mass is 10.2. The van der Waals surface area contributed by atoms with Gasteiger partial charge in [0.2, 0.25) is 0 Å². The summed E-state index contributed by atoms with van der Waals surface area (Å²) in [5.74, 6) is 0.0847. The van der Waals surface area contributed by atoms with E-state index in [1.54, 1.807) is 12.1 Å². The van der Waals surface area contributed by atoms with Gasteiger partial charge in [0.05, 0.1) is 12.3 Å². The Balaban J connectivity index is 3.66. The van der Waals surface area contributed by atoms with E-state index < -0.39 is 18.5 Å². The fraction of sp³-hybridized carbons (Fsp3) is 0.643. The highest BCUT2D eigenvalue weighted by Gasteiger charge is 2.59. The normalized spacial score (nSPS) is 13.5. The molecular weight excluding hydrogens is 261 g/mol. The number of aromatic nitrogens is 1. The summed E-state index contributed by atoms with van der Waals surface area (Å²) < 4.78 is 21.8. The number of hydrogen-bond acceptors (Lipinski definition) is 2. The summed E-state index contributed by atoms with van der Waals surface area (Å²) in [6.45, 7) is 11.4. The van der Waals surface area contributed by atoms with E-state index >= 15 is 4.11 Å². The number of pyridine rings is 1. The Morgan fingerprint density at radius 3 is 2.00 bits per heavy atom. The fourth-order valence-electron chi connectivity index (χ4n) is 2.87. The molecule has 19 heavy (non-hydrogen) atoms. The third-order valence-corrected chi connectivity index (χ3v) is 8.80. The Morgan fingerprint density at radius 2 is 1.63 bits per heavy atom. The maximum absolute atomic E-state index is 16.1. The molecule has 0 aliphatic heterocycles. The van der Waals surface area contributed by atoms with Crippen molar-refractivity contribution in [2.45, 2.75) is 51.6 Å². The molecule has 0 aromatic carbocycles. The highest BCUT2D eigenvalue weighted by atomic mass is 28.4. The standard InChI is InChI=1S/C14H24FNO2Si/c1-13(2,3)19(15,14(4,5)6)11-9-8-10-16(17)12(11)18-7/h8-10H,1-7H3. The van der Waals surface area contributed by atoms with Crippen molar-refractivity contribution in [3.05, 3.63) is 23.5 Å². The molecule has 0 unspecified atom stereocenters. The average molecular weight is 285 g/mol. The number of hydrogen-bond donors (Lipinski definition) is 0. The van der Waals surface area contributed by atoms with Crippen LogP contribution < -0.4 is 14.7 Å². The molecule has 0 N–H and O–H groups in total. The lowest BCUT2D eigenvalue weighted by molar-refractivity contribution is -0.611. The molecule has 0 fully saturated rings. The second-order valence-corrected chi connectivity index (χ2v) is 11.8. The van der Waals surface area contributed by atoms with Gasteiger partial charge < -0.3 is 14.1 Å². The van der Waals surface area contributed by atoms with Crippen LogP contribution in [0.2, 0.25) is 10.1 Å². The van der Waals surface area contributed by atoms with Crippen LogP contribution >= 0.6 is 0 Å². The molecule has 0 atom stereocenters. The van der Waals surface area contributed by atoms with Crippen molar-refractivity contribution >= 4 is 13.6 Å². The predicted octanol–water partition coefficient (Wildman–Crippen LogP) is 3.05. The van der Waals surface area contributed by atoms with Crippen LogP contribution in [0, 0.1) is 5.21 Å². The van der Waals surface area contributed by atoms with Crippen molar-refractivity contribution in [3.63, 3.8) is 0 Å². The molecule has 0 spiro atoms. The quantitative estimate of drug-likeness (QED) is 0.362. The molecule has 0 aliphatic carbocycles. The summed E-state index contributed by atoms with van der Waals surface area (Å²) in [6, 6.07) is 3.28. The van der Waals surface area contributed by atoms with Crippen LogP contribution in [0.5, 0.6) is 5.88 Å². The molecule has 0 saturated heterocycles. The van der Waals surface area contributed by atoms with Gasteiger partial charge in [0.25, 0.3) is 8.41 Å². The predicted molar refractivity (Wildman–Crippen MR) is 77.9 cm³/mol. The Kier molecular flexibility index (Phi) is 4.01. The maximum atomic E-state index is 16.1. The summed E-state index contributed by atoms with van der Waals surface area (Å²) in [6.07, 6.45) is 1.34. The molecule has 0 saturated carbocycles. The van der Waals surface area contributed by atoms with Crippen LogP contribution in [0.25, 0.3) is 0 Å². The molecule has 0 radical (unpaired) electrons. The van der Waals surface area contributed by atoms with E-state index in [4.69, 9.17) is 4.74 Å². The Bertz CT molecular complexity index is 449. The Hall–Kier alpha value is -1.10. The lowest BCUT2D eigenvalue weighted by Gasteiger charge is -2.44. The largest absolute Gasteiger partial charge is 0.616 e. The molecule has 0 amide bonds. The third-order valence-electron chi connectivity index (χ3n) is 3.55. The van der Waals surface area contributed by atoms with E-state index in [1.165, 1.54) is 13.3 Å². The van der Waals surface area contributed by atoms with Crippen LogP contribution in [-0.4, -0.2) is 15.5 Å². The molecule has 108 valence electrons. The molecule has 1 heterocycles. The number of methoxy groups -OCH3 is 1. The Labute approximate surface area is 116 Å². The molecular formula is C14H24FNO2Si. The van der Waals surface area contributed by atoms with E-state index in [2.05, 4.69) is 0 Å². The maximum Gasteiger partial charge on any atom is 0.381 e. The minimum atomic E-state index is -3.47. The zero-order chi connectivity index (χ0) is 15.1. The van der Waals surface area contributed by atoms with Gasteiger partial charge in [-0.05, 0) is 16.1 Å². The lowest BCUT2D eigenvalue weighted by Crippen LogP contribution is -2.60. The molecule has 1 rings (SSSR count). The van der Waals surface area contributed by atoms with E-state index in [0.29, 0.717) is 9.92 Å². The summed E-state index contributed by atoms with van der Waals surface area (Å²) in [4.78, 5) is 0. The van der Waals surface area contributed by atoms with Gasteiger partial charge in [0, 0.05) is 6.07 Å². The Morgan fingerprint density at radius 1 is 1.16 bits per heavy atom.